The average Bonchev–Trinajstić information content (AvgIpc) is 2.53. The summed E-state index contributed by atoms with van der Waals surface area (Å²) in [6.45, 7) is 5.48. The lowest BCUT2D eigenvalue weighted by Gasteiger charge is -2.23. The first kappa shape index (κ1) is 19.4. The van der Waals surface area contributed by atoms with Crippen LogP contribution in [0.5, 0.6) is 5.75 Å². The minimum absolute atomic E-state index is 0.128. The molecule has 1 atom stereocenters. The number of benzene rings is 2. The van der Waals surface area contributed by atoms with Crippen molar-refractivity contribution in [3.05, 3.63) is 51.5 Å². The normalized spacial score (nSPS) is 11.9. The van der Waals surface area contributed by atoms with E-state index in [9.17, 15) is 18.7 Å². The third-order valence-electron chi connectivity index (χ3n) is 3.56. The van der Waals surface area contributed by atoms with Crippen LogP contribution in [0.3, 0.4) is 0 Å². The van der Waals surface area contributed by atoms with E-state index >= 15 is 0 Å². The number of rotatable bonds is 5. The summed E-state index contributed by atoms with van der Waals surface area (Å²) >= 11 is 0.932. The van der Waals surface area contributed by atoms with Crippen molar-refractivity contribution >= 4 is 44.5 Å². The van der Waals surface area contributed by atoms with Gasteiger partial charge < -0.3 is 9.84 Å². The molecule has 0 amide bonds. The first-order chi connectivity index (χ1) is 11.8. The highest BCUT2D eigenvalue weighted by Crippen LogP contribution is 2.39. The molecule has 2 rings (SSSR count). The number of esters is 1. The lowest BCUT2D eigenvalue weighted by atomic mass is 10.1. The first-order valence-electron chi connectivity index (χ1n) is 7.44. The van der Waals surface area contributed by atoms with Crippen molar-refractivity contribution in [2.75, 3.05) is 10.9 Å². The fraction of sp³-hybridized carbons (Fsp3) is 0.235. The van der Waals surface area contributed by atoms with E-state index in [1.807, 2.05) is 0 Å². The molecule has 0 spiro atoms. The van der Waals surface area contributed by atoms with Crippen LogP contribution in [0.4, 0.5) is 11.4 Å². The molecule has 0 aliphatic heterocycles. The molecule has 8 heteroatoms. The largest absolute Gasteiger partial charge is 0.506 e. The van der Waals surface area contributed by atoms with E-state index < -0.39 is 17.2 Å². The Kier molecular flexibility index (Phi) is 6.21. The maximum Gasteiger partial charge on any atom is 0.338 e. The zero-order valence-corrected chi connectivity index (χ0v) is 16.3. The van der Waals surface area contributed by atoms with Gasteiger partial charge in [-0.1, -0.05) is 15.9 Å². The average molecular weight is 428 g/mol. The Bertz CT molecular complexity index is 840. The van der Waals surface area contributed by atoms with Crippen LogP contribution in [0.15, 0.2) is 34.8 Å². The molecule has 0 fully saturated rings. The summed E-state index contributed by atoms with van der Waals surface area (Å²) in [4.78, 5) is 11.8. The van der Waals surface area contributed by atoms with Crippen molar-refractivity contribution in [1.29, 1.82) is 0 Å². The van der Waals surface area contributed by atoms with E-state index in [0.29, 0.717) is 21.3 Å². The first-order valence-corrected chi connectivity index (χ1v) is 9.30. The van der Waals surface area contributed by atoms with Gasteiger partial charge in [-0.15, -0.1) is 0 Å². The van der Waals surface area contributed by atoms with Crippen molar-refractivity contribution in [1.82, 2.24) is 0 Å². The van der Waals surface area contributed by atoms with Gasteiger partial charge in [-0.3, -0.25) is 4.55 Å². The Morgan fingerprint density at radius 2 is 1.88 bits per heavy atom. The van der Waals surface area contributed by atoms with Crippen LogP contribution in [0.2, 0.25) is 0 Å². The summed E-state index contributed by atoms with van der Waals surface area (Å²) in [5, 5.41) is 10.2. The van der Waals surface area contributed by atoms with E-state index in [1.165, 1.54) is 12.1 Å². The second kappa shape index (κ2) is 7.99. The number of halogens is 1. The van der Waals surface area contributed by atoms with Crippen molar-refractivity contribution in [2.24, 2.45) is 0 Å². The Labute approximate surface area is 157 Å². The minimum atomic E-state index is -2.43. The van der Waals surface area contributed by atoms with Crippen LogP contribution in [-0.4, -0.2) is 26.4 Å². The molecule has 25 heavy (non-hydrogen) atoms. The van der Waals surface area contributed by atoms with Gasteiger partial charge in [0, 0.05) is 4.47 Å². The fourth-order valence-electron chi connectivity index (χ4n) is 2.34. The number of nitrogens with zero attached hydrogens (tertiary/aromatic N) is 1. The number of aryl methyl sites for hydroxylation is 2. The minimum Gasteiger partial charge on any atom is -0.506 e. The molecule has 0 bridgehead atoms. The molecule has 0 saturated heterocycles. The van der Waals surface area contributed by atoms with Crippen LogP contribution in [0, 0.1) is 13.8 Å². The fourth-order valence-corrected chi connectivity index (χ4v) is 3.36. The summed E-state index contributed by atoms with van der Waals surface area (Å²) in [7, 11) is 0. The second-order valence-electron chi connectivity index (χ2n) is 5.34. The van der Waals surface area contributed by atoms with Crippen molar-refractivity contribution in [3.63, 3.8) is 0 Å². The van der Waals surface area contributed by atoms with Gasteiger partial charge in [0.2, 0.25) is 0 Å². The van der Waals surface area contributed by atoms with E-state index in [4.69, 9.17) is 4.74 Å². The Balaban J connectivity index is 2.54. The van der Waals surface area contributed by atoms with Gasteiger partial charge >= 0.3 is 5.97 Å². The maximum absolute atomic E-state index is 11.9. The molecule has 2 aromatic rings. The number of hydrogen-bond donors (Lipinski definition) is 2. The topological polar surface area (TPSA) is 87.1 Å². The monoisotopic (exact) mass is 427 g/mol. The maximum atomic E-state index is 11.9. The van der Waals surface area contributed by atoms with Gasteiger partial charge in [-0.25, -0.2) is 13.3 Å². The van der Waals surface area contributed by atoms with Crippen LogP contribution in [0.1, 0.15) is 28.4 Å². The predicted molar refractivity (Wildman–Crippen MR) is 101 cm³/mol. The highest BCUT2D eigenvalue weighted by molar-refractivity contribution is 9.10. The Morgan fingerprint density at radius 1 is 1.20 bits per heavy atom. The number of aromatic hydroxyl groups is 1. The highest BCUT2D eigenvalue weighted by Gasteiger charge is 2.22. The molecule has 0 saturated carbocycles. The smallest absolute Gasteiger partial charge is 0.338 e. The number of phenolic OH excluding ortho intramolecular Hbond substituents is 1. The summed E-state index contributed by atoms with van der Waals surface area (Å²) in [5.41, 5.74) is 2.29. The van der Waals surface area contributed by atoms with Crippen molar-refractivity contribution in [2.45, 2.75) is 20.8 Å². The number of phenols is 1. The SMILES string of the molecule is CCOC(=O)c1ccc(N(c2cc(Br)c(C)cc2O)S(=O)O)c(C)c1. The van der Waals surface area contributed by atoms with Crippen molar-refractivity contribution in [3.8, 4) is 5.75 Å². The van der Waals surface area contributed by atoms with E-state index in [1.54, 1.807) is 39.0 Å². The predicted octanol–water partition coefficient (Wildman–Crippen LogP) is 4.22. The number of carbonyl (C=O) groups is 1. The highest BCUT2D eigenvalue weighted by atomic mass is 79.9. The zero-order valence-electron chi connectivity index (χ0n) is 13.9. The molecule has 0 aliphatic carbocycles. The third kappa shape index (κ3) is 4.20. The molecule has 0 heterocycles. The van der Waals surface area contributed by atoms with Gasteiger partial charge in [0.05, 0.1) is 23.5 Å². The molecule has 0 aliphatic rings. The number of hydrogen-bond acceptors (Lipinski definition) is 4. The van der Waals surface area contributed by atoms with Crippen molar-refractivity contribution < 1.29 is 23.4 Å². The second-order valence-corrected chi connectivity index (χ2v) is 7.02. The summed E-state index contributed by atoms with van der Waals surface area (Å²) < 4.78 is 28.4. The number of anilines is 2. The van der Waals surface area contributed by atoms with E-state index in [-0.39, 0.29) is 18.0 Å². The summed E-state index contributed by atoms with van der Waals surface area (Å²) in [6, 6.07) is 7.70. The van der Waals surface area contributed by atoms with Gasteiger partial charge in [0.15, 0.2) is 0 Å². The van der Waals surface area contributed by atoms with E-state index in [2.05, 4.69) is 15.9 Å². The molecule has 6 nitrogen and oxygen atoms in total. The van der Waals surface area contributed by atoms with Gasteiger partial charge in [-0.2, -0.15) is 0 Å². The molecule has 2 N–H and O–H groups in total. The summed E-state index contributed by atoms with van der Waals surface area (Å²) in [5.74, 6) is -0.591. The standard InChI is InChI=1S/C17H18BrNO5S/c1-4-24-17(21)12-5-6-14(11(3)7-12)19(25(22)23)15-9-13(18)10(2)8-16(15)20/h5-9,20H,4H2,1-3H3,(H,22,23). The molecular weight excluding hydrogens is 410 g/mol. The van der Waals surface area contributed by atoms with Crippen LogP contribution in [-0.2, 0) is 16.0 Å². The number of carbonyl (C=O) groups excluding carboxylic acids is 1. The number of ether oxygens (including phenoxy) is 1. The summed E-state index contributed by atoms with van der Waals surface area (Å²) in [6.07, 6.45) is 0. The lowest BCUT2D eigenvalue weighted by molar-refractivity contribution is 0.0526. The zero-order chi connectivity index (χ0) is 18.7. The van der Waals surface area contributed by atoms with Crippen LogP contribution < -0.4 is 4.31 Å². The molecule has 0 radical (unpaired) electrons. The molecule has 2 aromatic carbocycles. The van der Waals surface area contributed by atoms with E-state index in [0.717, 1.165) is 9.87 Å². The quantitative estimate of drug-likeness (QED) is 0.550. The molecule has 0 aromatic heterocycles. The van der Waals surface area contributed by atoms with Gasteiger partial charge in [0.25, 0.3) is 11.3 Å². The Hall–Kier alpha value is -1.90. The molecule has 134 valence electrons. The van der Waals surface area contributed by atoms with Crippen LogP contribution >= 0.6 is 15.9 Å². The molecule has 1 unspecified atom stereocenters. The third-order valence-corrected chi connectivity index (χ3v) is 5.12. The lowest BCUT2D eigenvalue weighted by Crippen LogP contribution is -2.20. The Morgan fingerprint density at radius 3 is 2.44 bits per heavy atom. The molecular formula is C17H18BrNO5S. The van der Waals surface area contributed by atoms with Gasteiger partial charge in [0.1, 0.15) is 5.75 Å². The van der Waals surface area contributed by atoms with Crippen LogP contribution in [0.25, 0.3) is 0 Å². The van der Waals surface area contributed by atoms with Gasteiger partial charge in [-0.05, 0) is 62.2 Å².